The molecule has 0 aliphatic rings. The molecule has 72 valence electrons. The zero-order valence-electron chi connectivity index (χ0n) is 7.78. The Hall–Kier alpha value is -1.40. The van der Waals surface area contributed by atoms with Crippen LogP contribution in [0.5, 0.6) is 0 Å². The molecule has 14 heavy (non-hydrogen) atoms. The third-order valence-corrected chi connectivity index (χ3v) is 1.86. The van der Waals surface area contributed by atoms with Crippen LogP contribution in [-0.4, -0.2) is 13.1 Å². The molecule has 0 spiro atoms. The molecular weight excluding hydrogens is 196 g/mol. The van der Waals surface area contributed by atoms with E-state index in [2.05, 4.69) is 29.2 Å². The number of thiol groups is 1. The third kappa shape index (κ3) is 3.55. The second-order valence-corrected chi connectivity index (χ2v) is 3.12. The normalized spacial score (nSPS) is 8.71. The zero-order chi connectivity index (χ0) is 10.4. The fourth-order valence-electron chi connectivity index (χ4n) is 0.835. The molecule has 0 bridgehead atoms. The third-order valence-electron chi connectivity index (χ3n) is 1.56. The Morgan fingerprint density at radius 1 is 1.43 bits per heavy atom. The minimum absolute atomic E-state index is 0.124. The minimum Gasteiger partial charge on any atom is -0.468 e. The Morgan fingerprint density at radius 3 is 2.64 bits per heavy atom. The van der Waals surface area contributed by atoms with Gasteiger partial charge in [0.2, 0.25) is 0 Å². The molecule has 1 rings (SSSR count). The van der Waals surface area contributed by atoms with Crippen LogP contribution in [0.25, 0.3) is 0 Å². The SMILES string of the molecule is COC(=O)CC#Cc1ccc(S)cc1. The number of rotatable bonds is 1. The minimum atomic E-state index is -0.316. The monoisotopic (exact) mass is 206 g/mol. The molecule has 0 N–H and O–H groups in total. The Kier molecular flexibility index (Phi) is 4.09. The molecule has 0 amide bonds. The summed E-state index contributed by atoms with van der Waals surface area (Å²) in [4.78, 5) is 11.6. The van der Waals surface area contributed by atoms with E-state index in [1.807, 2.05) is 24.3 Å². The predicted molar refractivity (Wildman–Crippen MR) is 57.2 cm³/mol. The molecule has 0 saturated heterocycles. The molecule has 0 aliphatic heterocycles. The van der Waals surface area contributed by atoms with Gasteiger partial charge in [-0.3, -0.25) is 4.79 Å². The number of methoxy groups -OCH3 is 1. The summed E-state index contributed by atoms with van der Waals surface area (Å²) in [7, 11) is 1.35. The van der Waals surface area contributed by atoms with Gasteiger partial charge in [0.15, 0.2) is 0 Å². The molecule has 0 fully saturated rings. The van der Waals surface area contributed by atoms with E-state index in [9.17, 15) is 4.79 Å². The van der Waals surface area contributed by atoms with Crippen molar-refractivity contribution in [2.24, 2.45) is 0 Å². The maximum atomic E-state index is 10.7. The summed E-state index contributed by atoms with van der Waals surface area (Å²) in [5, 5.41) is 0. The summed E-state index contributed by atoms with van der Waals surface area (Å²) >= 11 is 4.15. The number of ether oxygens (including phenoxy) is 1. The van der Waals surface area contributed by atoms with E-state index in [-0.39, 0.29) is 12.4 Å². The van der Waals surface area contributed by atoms with E-state index < -0.39 is 0 Å². The number of carbonyl (C=O) groups excluding carboxylic acids is 1. The fourth-order valence-corrected chi connectivity index (χ4v) is 0.984. The summed E-state index contributed by atoms with van der Waals surface area (Å²) in [5.74, 6) is 5.26. The quantitative estimate of drug-likeness (QED) is 0.431. The highest BCUT2D eigenvalue weighted by atomic mass is 32.1. The summed E-state index contributed by atoms with van der Waals surface area (Å²) in [6, 6.07) is 7.41. The second kappa shape index (κ2) is 5.36. The molecule has 0 aromatic heterocycles. The van der Waals surface area contributed by atoms with Gasteiger partial charge in [-0.05, 0) is 24.3 Å². The summed E-state index contributed by atoms with van der Waals surface area (Å²) in [6.45, 7) is 0. The van der Waals surface area contributed by atoms with Gasteiger partial charge in [-0.15, -0.1) is 12.6 Å². The predicted octanol–water partition coefficient (Wildman–Crippen LogP) is 1.89. The van der Waals surface area contributed by atoms with Crippen molar-refractivity contribution in [2.75, 3.05) is 7.11 Å². The molecule has 1 aromatic rings. The maximum absolute atomic E-state index is 10.7. The van der Waals surface area contributed by atoms with Gasteiger partial charge in [0.05, 0.1) is 7.11 Å². The van der Waals surface area contributed by atoms with Gasteiger partial charge in [0.25, 0.3) is 0 Å². The maximum Gasteiger partial charge on any atom is 0.317 e. The largest absolute Gasteiger partial charge is 0.468 e. The van der Waals surface area contributed by atoms with Gasteiger partial charge in [-0.25, -0.2) is 0 Å². The van der Waals surface area contributed by atoms with E-state index in [0.717, 1.165) is 10.5 Å². The van der Waals surface area contributed by atoms with Gasteiger partial charge in [0, 0.05) is 10.5 Å². The molecule has 1 aromatic carbocycles. The van der Waals surface area contributed by atoms with Crippen molar-refractivity contribution in [3.63, 3.8) is 0 Å². The molecule has 0 heterocycles. The van der Waals surface area contributed by atoms with Crippen LogP contribution < -0.4 is 0 Å². The highest BCUT2D eigenvalue weighted by Gasteiger charge is 1.93. The fraction of sp³-hybridized carbons (Fsp3) is 0.182. The first-order valence-corrected chi connectivity index (χ1v) is 4.52. The second-order valence-electron chi connectivity index (χ2n) is 2.60. The average molecular weight is 206 g/mol. The lowest BCUT2D eigenvalue weighted by Gasteiger charge is -1.91. The highest BCUT2D eigenvalue weighted by molar-refractivity contribution is 7.80. The van der Waals surface area contributed by atoms with Crippen LogP contribution in [0.1, 0.15) is 12.0 Å². The lowest BCUT2D eigenvalue weighted by Crippen LogP contribution is -1.96. The van der Waals surface area contributed by atoms with Crippen molar-refractivity contribution in [3.05, 3.63) is 29.8 Å². The molecule has 0 saturated carbocycles. The van der Waals surface area contributed by atoms with Gasteiger partial charge >= 0.3 is 5.97 Å². The van der Waals surface area contributed by atoms with Crippen LogP contribution in [0.2, 0.25) is 0 Å². The number of carbonyl (C=O) groups is 1. The topological polar surface area (TPSA) is 26.3 Å². The molecule has 0 unspecified atom stereocenters. The summed E-state index contributed by atoms with van der Waals surface area (Å²) < 4.78 is 4.45. The van der Waals surface area contributed by atoms with Crippen molar-refractivity contribution < 1.29 is 9.53 Å². The van der Waals surface area contributed by atoms with Crippen LogP contribution in [0.4, 0.5) is 0 Å². The summed E-state index contributed by atoms with van der Waals surface area (Å²) in [6.07, 6.45) is 0.124. The van der Waals surface area contributed by atoms with E-state index in [4.69, 9.17) is 0 Å². The molecule has 0 radical (unpaired) electrons. The number of hydrogen-bond donors (Lipinski definition) is 1. The smallest absolute Gasteiger partial charge is 0.317 e. The number of hydrogen-bond acceptors (Lipinski definition) is 3. The molecule has 0 atom stereocenters. The Labute approximate surface area is 88.7 Å². The number of benzene rings is 1. The van der Waals surface area contributed by atoms with Crippen molar-refractivity contribution in [3.8, 4) is 11.8 Å². The van der Waals surface area contributed by atoms with E-state index in [1.54, 1.807) is 0 Å². The van der Waals surface area contributed by atoms with Crippen molar-refractivity contribution in [1.82, 2.24) is 0 Å². The van der Waals surface area contributed by atoms with E-state index >= 15 is 0 Å². The Morgan fingerprint density at radius 2 is 2.07 bits per heavy atom. The van der Waals surface area contributed by atoms with Gasteiger partial charge in [-0.1, -0.05) is 11.8 Å². The summed E-state index contributed by atoms with van der Waals surface area (Å²) in [5.41, 5.74) is 0.867. The zero-order valence-corrected chi connectivity index (χ0v) is 8.67. The lowest BCUT2D eigenvalue weighted by atomic mass is 10.2. The molecule has 0 aliphatic carbocycles. The first-order valence-electron chi connectivity index (χ1n) is 4.07. The van der Waals surface area contributed by atoms with Crippen LogP contribution in [0, 0.1) is 11.8 Å². The van der Waals surface area contributed by atoms with Gasteiger partial charge in [-0.2, -0.15) is 0 Å². The number of esters is 1. The van der Waals surface area contributed by atoms with E-state index in [1.165, 1.54) is 7.11 Å². The lowest BCUT2D eigenvalue weighted by molar-refractivity contribution is -0.139. The highest BCUT2D eigenvalue weighted by Crippen LogP contribution is 2.06. The molecule has 2 nitrogen and oxygen atoms in total. The van der Waals surface area contributed by atoms with Crippen LogP contribution in [-0.2, 0) is 9.53 Å². The van der Waals surface area contributed by atoms with Gasteiger partial charge in [0.1, 0.15) is 6.42 Å². The van der Waals surface area contributed by atoms with Crippen LogP contribution >= 0.6 is 12.6 Å². The van der Waals surface area contributed by atoms with Crippen LogP contribution in [0.3, 0.4) is 0 Å². The average Bonchev–Trinajstić information content (AvgIpc) is 2.21. The first kappa shape index (κ1) is 10.7. The Balaban J connectivity index is 2.59. The van der Waals surface area contributed by atoms with Crippen molar-refractivity contribution in [1.29, 1.82) is 0 Å². The van der Waals surface area contributed by atoms with E-state index in [0.29, 0.717) is 0 Å². The Bertz CT molecular complexity index is 371. The standard InChI is InChI=1S/C11H10O2S/c1-13-11(12)4-2-3-9-5-7-10(14)8-6-9/h5-8,14H,4H2,1H3. The molecular formula is C11H10O2S. The first-order chi connectivity index (χ1) is 6.72. The van der Waals surface area contributed by atoms with Crippen molar-refractivity contribution in [2.45, 2.75) is 11.3 Å². The van der Waals surface area contributed by atoms with Gasteiger partial charge < -0.3 is 4.74 Å². The van der Waals surface area contributed by atoms with Crippen LogP contribution in [0.15, 0.2) is 29.2 Å². The molecule has 3 heteroatoms. The van der Waals surface area contributed by atoms with Crippen molar-refractivity contribution >= 4 is 18.6 Å².